The Hall–Kier alpha value is -0.570. The van der Waals surface area contributed by atoms with Crippen molar-refractivity contribution in [2.75, 3.05) is 0 Å². The van der Waals surface area contributed by atoms with Gasteiger partial charge in [-0.3, -0.25) is 4.79 Å². The van der Waals surface area contributed by atoms with Crippen LogP contribution >= 0.6 is 0 Å². The van der Waals surface area contributed by atoms with Crippen LogP contribution in [0, 0.1) is 5.92 Å². The lowest BCUT2D eigenvalue weighted by Crippen LogP contribution is -2.54. The lowest BCUT2D eigenvalue weighted by molar-refractivity contribution is -0.122. The molecule has 2 aliphatic rings. The predicted molar refractivity (Wildman–Crippen MR) is 74.4 cm³/mol. The maximum atomic E-state index is 12.0. The van der Waals surface area contributed by atoms with Crippen molar-refractivity contribution in [3.63, 3.8) is 0 Å². The largest absolute Gasteiger partial charge is 0.352 e. The van der Waals surface area contributed by atoms with Crippen LogP contribution in [0.4, 0.5) is 0 Å². The molecule has 0 radical (unpaired) electrons. The molecule has 1 heterocycles. The van der Waals surface area contributed by atoms with Crippen LogP contribution in [-0.2, 0) is 4.79 Å². The Kier molecular flexibility index (Phi) is 5.04. The first-order valence-corrected chi connectivity index (χ1v) is 7.70. The minimum absolute atomic E-state index is 0.259. The normalized spacial score (nSPS) is 33.6. The molecular formula is C15H28N2O. The Morgan fingerprint density at radius 1 is 1.17 bits per heavy atom. The summed E-state index contributed by atoms with van der Waals surface area (Å²) in [4.78, 5) is 12.0. The lowest BCUT2D eigenvalue weighted by Gasteiger charge is -2.34. The molecular weight excluding hydrogens is 224 g/mol. The van der Waals surface area contributed by atoms with Gasteiger partial charge >= 0.3 is 0 Å². The molecule has 1 aliphatic heterocycles. The van der Waals surface area contributed by atoms with Crippen molar-refractivity contribution in [2.45, 2.75) is 83.3 Å². The molecule has 3 nitrogen and oxygen atoms in total. The molecule has 18 heavy (non-hydrogen) atoms. The molecule has 1 aliphatic carbocycles. The van der Waals surface area contributed by atoms with Crippen molar-refractivity contribution in [1.82, 2.24) is 10.6 Å². The SMILES string of the molecule is CC1CCC(NC(=O)CCC2CCCC2)C(C)N1. The Labute approximate surface area is 111 Å². The van der Waals surface area contributed by atoms with Crippen molar-refractivity contribution < 1.29 is 4.79 Å². The van der Waals surface area contributed by atoms with Crippen LogP contribution in [0.2, 0.25) is 0 Å². The average Bonchev–Trinajstić information content (AvgIpc) is 2.83. The zero-order valence-corrected chi connectivity index (χ0v) is 11.9. The van der Waals surface area contributed by atoms with Gasteiger partial charge in [-0.1, -0.05) is 25.7 Å². The monoisotopic (exact) mass is 252 g/mol. The van der Waals surface area contributed by atoms with E-state index in [1.807, 2.05) is 0 Å². The quantitative estimate of drug-likeness (QED) is 0.807. The predicted octanol–water partition coefficient (Wildman–Crippen LogP) is 2.60. The highest BCUT2D eigenvalue weighted by Crippen LogP contribution is 2.28. The van der Waals surface area contributed by atoms with Gasteiger partial charge in [0, 0.05) is 24.5 Å². The summed E-state index contributed by atoms with van der Waals surface area (Å²) in [6.07, 6.45) is 9.52. The third-order valence-electron chi connectivity index (χ3n) is 4.66. The van der Waals surface area contributed by atoms with Crippen molar-refractivity contribution in [3.05, 3.63) is 0 Å². The van der Waals surface area contributed by atoms with Gasteiger partial charge in [-0.05, 0) is 39.0 Å². The average molecular weight is 252 g/mol. The van der Waals surface area contributed by atoms with E-state index < -0.39 is 0 Å². The van der Waals surface area contributed by atoms with E-state index in [0.717, 1.165) is 31.6 Å². The molecule has 0 aromatic heterocycles. The second-order valence-corrected chi connectivity index (χ2v) is 6.30. The maximum absolute atomic E-state index is 12.0. The van der Waals surface area contributed by atoms with Crippen LogP contribution in [-0.4, -0.2) is 24.0 Å². The molecule has 3 atom stereocenters. The highest BCUT2D eigenvalue weighted by molar-refractivity contribution is 5.76. The zero-order chi connectivity index (χ0) is 13.0. The van der Waals surface area contributed by atoms with Gasteiger partial charge in [0.2, 0.25) is 5.91 Å². The first-order chi connectivity index (χ1) is 8.65. The summed E-state index contributed by atoms with van der Waals surface area (Å²) < 4.78 is 0. The number of amides is 1. The fraction of sp³-hybridized carbons (Fsp3) is 0.933. The van der Waals surface area contributed by atoms with Crippen LogP contribution in [0.15, 0.2) is 0 Å². The summed E-state index contributed by atoms with van der Waals surface area (Å²) in [7, 11) is 0. The summed E-state index contributed by atoms with van der Waals surface area (Å²) in [5.41, 5.74) is 0. The van der Waals surface area contributed by atoms with Crippen molar-refractivity contribution >= 4 is 5.91 Å². The summed E-state index contributed by atoms with van der Waals surface area (Å²) >= 11 is 0. The van der Waals surface area contributed by atoms with Gasteiger partial charge in [0.1, 0.15) is 0 Å². The fourth-order valence-corrected chi connectivity index (χ4v) is 3.44. The molecule has 1 saturated heterocycles. The van der Waals surface area contributed by atoms with Gasteiger partial charge < -0.3 is 10.6 Å². The number of carbonyl (C=O) groups excluding carboxylic acids is 1. The molecule has 2 rings (SSSR count). The molecule has 2 N–H and O–H groups in total. The van der Waals surface area contributed by atoms with Crippen molar-refractivity contribution in [2.24, 2.45) is 5.92 Å². The second-order valence-electron chi connectivity index (χ2n) is 6.30. The van der Waals surface area contributed by atoms with E-state index in [1.165, 1.54) is 25.7 Å². The minimum Gasteiger partial charge on any atom is -0.352 e. The van der Waals surface area contributed by atoms with E-state index in [4.69, 9.17) is 0 Å². The molecule has 1 saturated carbocycles. The van der Waals surface area contributed by atoms with E-state index in [1.54, 1.807) is 0 Å². The highest BCUT2D eigenvalue weighted by atomic mass is 16.1. The van der Waals surface area contributed by atoms with Gasteiger partial charge in [-0.2, -0.15) is 0 Å². The van der Waals surface area contributed by atoms with Crippen LogP contribution in [0.3, 0.4) is 0 Å². The van der Waals surface area contributed by atoms with Gasteiger partial charge in [-0.15, -0.1) is 0 Å². The molecule has 1 amide bonds. The van der Waals surface area contributed by atoms with E-state index >= 15 is 0 Å². The minimum atomic E-state index is 0.259. The van der Waals surface area contributed by atoms with E-state index in [9.17, 15) is 4.79 Å². The maximum Gasteiger partial charge on any atom is 0.220 e. The van der Waals surface area contributed by atoms with Crippen LogP contribution in [0.25, 0.3) is 0 Å². The summed E-state index contributed by atoms with van der Waals surface area (Å²) in [6.45, 7) is 4.40. The molecule has 3 heteroatoms. The third kappa shape index (κ3) is 3.98. The topological polar surface area (TPSA) is 41.1 Å². The molecule has 0 aromatic rings. The lowest BCUT2D eigenvalue weighted by atomic mass is 9.95. The standard InChI is InChI=1S/C15H28N2O/c1-11-7-9-14(12(2)16-11)17-15(18)10-8-13-5-3-4-6-13/h11-14,16H,3-10H2,1-2H3,(H,17,18). The number of hydrogen-bond acceptors (Lipinski definition) is 2. The number of carbonyl (C=O) groups is 1. The number of piperidine rings is 1. The smallest absolute Gasteiger partial charge is 0.220 e. The first kappa shape index (κ1) is 13.9. The summed E-state index contributed by atoms with van der Waals surface area (Å²) in [5, 5.41) is 6.73. The molecule has 0 bridgehead atoms. The summed E-state index contributed by atoms with van der Waals surface area (Å²) in [6, 6.07) is 1.33. The molecule has 104 valence electrons. The van der Waals surface area contributed by atoms with Crippen molar-refractivity contribution in [3.8, 4) is 0 Å². The Balaban J connectivity index is 1.66. The second kappa shape index (κ2) is 6.55. The highest BCUT2D eigenvalue weighted by Gasteiger charge is 2.26. The van der Waals surface area contributed by atoms with Crippen LogP contribution < -0.4 is 10.6 Å². The van der Waals surface area contributed by atoms with Gasteiger partial charge in [0.05, 0.1) is 0 Å². The number of nitrogens with one attached hydrogen (secondary N) is 2. The Morgan fingerprint density at radius 2 is 1.89 bits per heavy atom. The van der Waals surface area contributed by atoms with Crippen LogP contribution in [0.1, 0.15) is 65.2 Å². The molecule has 3 unspecified atom stereocenters. The van der Waals surface area contributed by atoms with Gasteiger partial charge in [-0.25, -0.2) is 0 Å². The van der Waals surface area contributed by atoms with E-state index in [-0.39, 0.29) is 5.91 Å². The van der Waals surface area contributed by atoms with Gasteiger partial charge in [0.25, 0.3) is 0 Å². The van der Waals surface area contributed by atoms with Crippen molar-refractivity contribution in [1.29, 1.82) is 0 Å². The summed E-state index contributed by atoms with van der Waals surface area (Å²) in [5.74, 6) is 1.08. The molecule has 2 fully saturated rings. The number of hydrogen-bond donors (Lipinski definition) is 2. The molecule has 0 aromatic carbocycles. The first-order valence-electron chi connectivity index (χ1n) is 7.70. The van der Waals surface area contributed by atoms with Crippen LogP contribution in [0.5, 0.6) is 0 Å². The van der Waals surface area contributed by atoms with Gasteiger partial charge in [0.15, 0.2) is 0 Å². The molecule has 0 spiro atoms. The van der Waals surface area contributed by atoms with E-state index in [0.29, 0.717) is 18.1 Å². The Morgan fingerprint density at radius 3 is 2.56 bits per heavy atom. The third-order valence-corrected chi connectivity index (χ3v) is 4.66. The zero-order valence-electron chi connectivity index (χ0n) is 11.9. The number of rotatable bonds is 4. The fourth-order valence-electron chi connectivity index (χ4n) is 3.44. The Bertz CT molecular complexity index is 274. The van der Waals surface area contributed by atoms with E-state index in [2.05, 4.69) is 24.5 Å².